The molecule has 0 aromatic carbocycles. The molecule has 8 atom stereocenters. The fraction of sp³-hybridized carbons (Fsp3) is 0.765. The lowest BCUT2D eigenvalue weighted by Crippen LogP contribution is -2.70. The molecule has 42 heavy (non-hydrogen) atoms. The molecular weight excluding hydrogens is 539 g/mol. The molecule has 7 nitrogen and oxygen atoms in total. The summed E-state index contributed by atoms with van der Waals surface area (Å²) in [6.45, 7) is 8.91. The van der Waals surface area contributed by atoms with Crippen molar-refractivity contribution in [2.45, 2.75) is 129 Å². The number of rotatable bonds is 12. The van der Waals surface area contributed by atoms with Crippen LogP contribution in [0.25, 0.3) is 0 Å². The van der Waals surface area contributed by atoms with Crippen molar-refractivity contribution < 1.29 is 38.1 Å². The van der Waals surface area contributed by atoms with Crippen molar-refractivity contribution in [3.05, 3.63) is 23.8 Å². The monoisotopic (exact) mass is 588 g/mol. The normalized spacial score (nSPS) is 38.6. The molecule has 0 aliphatic heterocycles. The lowest BCUT2D eigenvalue weighted by atomic mass is 9.44. The molecule has 0 spiro atoms. The minimum absolute atomic E-state index is 0.0497. The molecule has 8 heteroatoms. The molecule has 0 amide bonds. The number of hydrogen-bond donors (Lipinski definition) is 1. The lowest BCUT2D eigenvalue weighted by Gasteiger charge is -2.63. The number of fused-ring (bicyclic) bond motifs is 5. The van der Waals surface area contributed by atoms with Gasteiger partial charge < -0.3 is 14.6 Å². The second-order valence-corrected chi connectivity index (χ2v) is 13.6. The fourth-order valence-corrected chi connectivity index (χ4v) is 8.82. The molecule has 3 fully saturated rings. The molecule has 0 radical (unpaired) electrons. The predicted octanol–water partition coefficient (Wildman–Crippen LogP) is 6.16. The predicted molar refractivity (Wildman–Crippen MR) is 156 cm³/mol. The van der Waals surface area contributed by atoms with Crippen LogP contribution in [0.4, 0.5) is 4.39 Å². The Morgan fingerprint density at radius 2 is 1.67 bits per heavy atom. The van der Waals surface area contributed by atoms with Gasteiger partial charge in [0.1, 0.15) is 11.7 Å². The summed E-state index contributed by atoms with van der Waals surface area (Å²) < 4.78 is 29.5. The van der Waals surface area contributed by atoms with Crippen LogP contribution < -0.4 is 0 Å². The van der Waals surface area contributed by atoms with E-state index < -0.39 is 64.4 Å². The Morgan fingerprint density at radius 3 is 2.31 bits per heavy atom. The SMILES string of the molecule is CCCCCC(=O)OCC(=O)C1(O)C(C)CC2C3CCC4=CC(=O)C=CC4(C)C3(F)C(OC(=O)CCCCC)CC21C. The number of unbranched alkanes of at least 4 members (excludes halogenated alkanes) is 4. The van der Waals surface area contributed by atoms with Crippen LogP contribution in [0.1, 0.15) is 112 Å². The third-order valence-corrected chi connectivity index (χ3v) is 11.2. The van der Waals surface area contributed by atoms with Crippen molar-refractivity contribution in [2.75, 3.05) is 6.61 Å². The maximum absolute atomic E-state index is 18.2. The van der Waals surface area contributed by atoms with Crippen molar-refractivity contribution in [3.63, 3.8) is 0 Å². The van der Waals surface area contributed by atoms with E-state index in [9.17, 15) is 24.3 Å². The topological polar surface area (TPSA) is 107 Å². The fourth-order valence-electron chi connectivity index (χ4n) is 8.82. The van der Waals surface area contributed by atoms with Crippen molar-refractivity contribution in [2.24, 2.45) is 28.6 Å². The van der Waals surface area contributed by atoms with Gasteiger partial charge in [-0.3, -0.25) is 19.2 Å². The molecule has 0 saturated heterocycles. The first-order valence-electron chi connectivity index (χ1n) is 16.0. The van der Waals surface area contributed by atoms with Crippen LogP contribution in [0.3, 0.4) is 0 Å². The minimum atomic E-state index is -2.03. The highest BCUT2D eigenvalue weighted by molar-refractivity contribution is 6.01. The first-order chi connectivity index (χ1) is 19.8. The number of aliphatic hydroxyl groups is 1. The zero-order chi connectivity index (χ0) is 30.9. The first-order valence-corrected chi connectivity index (χ1v) is 16.0. The summed E-state index contributed by atoms with van der Waals surface area (Å²) in [7, 11) is 0. The van der Waals surface area contributed by atoms with E-state index in [0.717, 1.165) is 25.7 Å². The van der Waals surface area contributed by atoms with E-state index in [-0.39, 0.29) is 31.0 Å². The number of hydrogen-bond acceptors (Lipinski definition) is 7. The van der Waals surface area contributed by atoms with Gasteiger partial charge in [0.15, 0.2) is 18.1 Å². The van der Waals surface area contributed by atoms with Crippen LogP contribution in [0.15, 0.2) is 23.8 Å². The summed E-state index contributed by atoms with van der Waals surface area (Å²) in [5.74, 6) is -3.27. The smallest absolute Gasteiger partial charge is 0.306 e. The first kappa shape index (κ1) is 32.6. The van der Waals surface area contributed by atoms with Crippen LogP contribution in [0.2, 0.25) is 0 Å². The Hall–Kier alpha value is -2.35. The molecule has 3 saturated carbocycles. The largest absolute Gasteiger partial charge is 0.459 e. The Labute approximate surface area is 249 Å². The molecular formula is C34H49FO7. The number of allylic oxidation sites excluding steroid dienone is 4. The summed E-state index contributed by atoms with van der Waals surface area (Å²) in [6.07, 6.45) is 9.86. The standard InChI is InChI=1S/C34H49FO7/c1-6-8-10-12-29(38)41-21-27(37)34(40)22(3)18-26-25-15-14-23-19-24(36)16-17-31(23,4)33(25,35)28(20-32(26,34)5)42-30(39)13-11-9-7-2/h16-17,19,22,25-26,28,40H,6-15,18,20-21H2,1-5H3. The molecule has 0 aromatic heterocycles. The summed E-state index contributed by atoms with van der Waals surface area (Å²) in [5, 5.41) is 12.3. The highest BCUT2D eigenvalue weighted by atomic mass is 19.1. The second-order valence-electron chi connectivity index (χ2n) is 13.6. The quantitative estimate of drug-likeness (QED) is 0.215. The molecule has 4 aliphatic carbocycles. The van der Waals surface area contributed by atoms with Gasteiger partial charge in [0, 0.05) is 29.6 Å². The van der Waals surface area contributed by atoms with E-state index >= 15 is 4.39 Å². The zero-order valence-electron chi connectivity index (χ0n) is 26.0. The van der Waals surface area contributed by atoms with Gasteiger partial charge in [-0.25, -0.2) is 4.39 Å². The van der Waals surface area contributed by atoms with Crippen LogP contribution in [-0.4, -0.2) is 52.6 Å². The van der Waals surface area contributed by atoms with E-state index in [1.807, 2.05) is 20.8 Å². The number of alkyl halides is 1. The molecule has 8 unspecified atom stereocenters. The Morgan fingerprint density at radius 1 is 1.02 bits per heavy atom. The van der Waals surface area contributed by atoms with Gasteiger partial charge in [-0.2, -0.15) is 0 Å². The van der Waals surface area contributed by atoms with E-state index in [2.05, 4.69) is 0 Å². The number of carbonyl (C=O) groups excluding carboxylic acids is 4. The average molecular weight is 589 g/mol. The van der Waals surface area contributed by atoms with E-state index in [4.69, 9.17) is 9.47 Å². The van der Waals surface area contributed by atoms with Crippen LogP contribution in [0.5, 0.6) is 0 Å². The Bertz CT molecular complexity index is 1140. The molecule has 0 aromatic rings. The number of halogens is 1. The second kappa shape index (κ2) is 12.3. The van der Waals surface area contributed by atoms with Gasteiger partial charge in [0.2, 0.25) is 5.78 Å². The van der Waals surface area contributed by atoms with E-state index in [1.165, 1.54) is 12.2 Å². The summed E-state index contributed by atoms with van der Waals surface area (Å²) in [5.41, 5.74) is -5.50. The summed E-state index contributed by atoms with van der Waals surface area (Å²) >= 11 is 0. The Balaban J connectivity index is 1.68. The molecule has 0 heterocycles. The van der Waals surface area contributed by atoms with E-state index in [0.29, 0.717) is 37.7 Å². The number of ketones is 2. The molecule has 0 bridgehead atoms. The third-order valence-electron chi connectivity index (χ3n) is 11.2. The summed E-state index contributed by atoms with van der Waals surface area (Å²) in [4.78, 5) is 51.4. The van der Waals surface area contributed by atoms with Gasteiger partial charge >= 0.3 is 11.9 Å². The highest BCUT2D eigenvalue weighted by Gasteiger charge is 2.76. The maximum Gasteiger partial charge on any atom is 0.306 e. The van der Waals surface area contributed by atoms with Crippen LogP contribution in [0, 0.1) is 28.6 Å². The number of esters is 2. The maximum atomic E-state index is 18.2. The molecule has 4 rings (SSSR count). The Kier molecular flexibility index (Phi) is 9.56. The van der Waals surface area contributed by atoms with Gasteiger partial charge in [0.05, 0.1) is 0 Å². The summed E-state index contributed by atoms with van der Waals surface area (Å²) in [6, 6.07) is 0. The van der Waals surface area contributed by atoms with Crippen molar-refractivity contribution in [1.29, 1.82) is 0 Å². The molecule has 1 N–H and O–H groups in total. The van der Waals surface area contributed by atoms with Crippen LogP contribution in [-0.2, 0) is 28.7 Å². The van der Waals surface area contributed by atoms with Crippen molar-refractivity contribution in [1.82, 2.24) is 0 Å². The third kappa shape index (κ3) is 5.20. The van der Waals surface area contributed by atoms with E-state index in [1.54, 1.807) is 19.9 Å². The highest BCUT2D eigenvalue weighted by Crippen LogP contribution is 2.71. The van der Waals surface area contributed by atoms with Gasteiger partial charge in [-0.05, 0) is 69.4 Å². The van der Waals surface area contributed by atoms with Gasteiger partial charge in [-0.15, -0.1) is 0 Å². The lowest BCUT2D eigenvalue weighted by molar-refractivity contribution is -0.230. The number of ether oxygens (including phenoxy) is 2. The average Bonchev–Trinajstić information content (AvgIpc) is 3.14. The van der Waals surface area contributed by atoms with Crippen LogP contribution >= 0.6 is 0 Å². The zero-order valence-corrected chi connectivity index (χ0v) is 26.0. The van der Waals surface area contributed by atoms with Gasteiger partial charge in [0.25, 0.3) is 0 Å². The van der Waals surface area contributed by atoms with Gasteiger partial charge in [-0.1, -0.05) is 65.0 Å². The van der Waals surface area contributed by atoms with Crippen molar-refractivity contribution >= 4 is 23.5 Å². The number of carbonyl (C=O) groups is 4. The molecule has 234 valence electrons. The van der Waals surface area contributed by atoms with Crippen molar-refractivity contribution in [3.8, 4) is 0 Å². The minimum Gasteiger partial charge on any atom is -0.459 e. The number of Topliss-reactive ketones (excluding diaryl/α,β-unsaturated/α-hetero) is 1. The molecule has 4 aliphatic rings.